The highest BCUT2D eigenvalue weighted by Gasteiger charge is 2.09. The molecule has 0 aliphatic rings. The predicted octanol–water partition coefficient (Wildman–Crippen LogP) is 0.693. The highest BCUT2D eigenvalue weighted by molar-refractivity contribution is 5.89. The quantitative estimate of drug-likeness (QED) is 0.319. The zero-order valence-corrected chi connectivity index (χ0v) is 11.3. The van der Waals surface area contributed by atoms with Crippen molar-refractivity contribution in [1.82, 2.24) is 15.4 Å². The number of halogens is 1. The number of amides is 2. The fourth-order valence-corrected chi connectivity index (χ4v) is 1.64. The molecular formula is C12H17FN4O4. The van der Waals surface area contributed by atoms with E-state index in [1.54, 1.807) is 0 Å². The summed E-state index contributed by atoms with van der Waals surface area (Å²) in [4.78, 5) is 38.5. The van der Waals surface area contributed by atoms with Crippen LogP contribution in [-0.4, -0.2) is 27.0 Å². The SMILES string of the molecule is O=C(CCCCCCC(=O)Nc1nc(=O)[nH]cc1F)NO. The zero-order chi connectivity index (χ0) is 15.7. The summed E-state index contributed by atoms with van der Waals surface area (Å²) in [6.45, 7) is 0. The minimum absolute atomic E-state index is 0.167. The molecule has 0 fully saturated rings. The Morgan fingerprint density at radius 2 is 1.81 bits per heavy atom. The Morgan fingerprint density at radius 1 is 1.19 bits per heavy atom. The molecule has 0 saturated carbocycles. The molecule has 0 radical (unpaired) electrons. The van der Waals surface area contributed by atoms with Crippen molar-refractivity contribution >= 4 is 17.6 Å². The molecule has 8 nitrogen and oxygen atoms in total. The van der Waals surface area contributed by atoms with Gasteiger partial charge in [-0.2, -0.15) is 4.98 Å². The first-order valence-electron chi connectivity index (χ1n) is 6.51. The number of nitrogens with zero attached hydrogens (tertiary/aromatic N) is 1. The molecular weight excluding hydrogens is 283 g/mol. The van der Waals surface area contributed by atoms with Crippen molar-refractivity contribution in [1.29, 1.82) is 0 Å². The Hall–Kier alpha value is -2.29. The van der Waals surface area contributed by atoms with Crippen LogP contribution in [0.3, 0.4) is 0 Å². The minimum atomic E-state index is -0.807. The molecule has 116 valence electrons. The van der Waals surface area contributed by atoms with E-state index in [2.05, 4.69) is 15.3 Å². The zero-order valence-electron chi connectivity index (χ0n) is 11.3. The van der Waals surface area contributed by atoms with E-state index in [1.807, 2.05) is 0 Å². The number of hydrogen-bond donors (Lipinski definition) is 4. The van der Waals surface area contributed by atoms with Gasteiger partial charge in [0.2, 0.25) is 11.8 Å². The molecule has 1 aromatic rings. The molecule has 4 N–H and O–H groups in total. The maximum absolute atomic E-state index is 13.2. The normalized spacial score (nSPS) is 10.2. The van der Waals surface area contributed by atoms with E-state index in [-0.39, 0.29) is 18.7 Å². The third kappa shape index (κ3) is 6.61. The van der Waals surface area contributed by atoms with Gasteiger partial charge in [0.05, 0.1) is 0 Å². The monoisotopic (exact) mass is 300 g/mol. The van der Waals surface area contributed by atoms with Gasteiger partial charge in [-0.15, -0.1) is 0 Å². The number of anilines is 1. The second-order valence-corrected chi connectivity index (χ2v) is 4.40. The number of nitrogens with one attached hydrogen (secondary N) is 3. The Labute approximate surface area is 119 Å². The lowest BCUT2D eigenvalue weighted by molar-refractivity contribution is -0.129. The molecule has 0 bridgehead atoms. The molecule has 0 spiro atoms. The molecule has 0 unspecified atom stereocenters. The number of hydrogen-bond acceptors (Lipinski definition) is 5. The summed E-state index contributed by atoms with van der Waals surface area (Å²) in [5, 5.41) is 10.5. The summed E-state index contributed by atoms with van der Waals surface area (Å²) in [5.74, 6) is -2.06. The van der Waals surface area contributed by atoms with Gasteiger partial charge >= 0.3 is 5.69 Å². The van der Waals surface area contributed by atoms with Crippen LogP contribution in [0.2, 0.25) is 0 Å². The van der Waals surface area contributed by atoms with Crippen LogP contribution in [0.1, 0.15) is 38.5 Å². The summed E-state index contributed by atoms with van der Waals surface area (Å²) in [7, 11) is 0. The van der Waals surface area contributed by atoms with Crippen LogP contribution in [0.25, 0.3) is 0 Å². The highest BCUT2D eigenvalue weighted by Crippen LogP contribution is 2.09. The van der Waals surface area contributed by atoms with Crippen LogP contribution >= 0.6 is 0 Å². The molecule has 2 amide bonds. The number of aromatic nitrogens is 2. The summed E-state index contributed by atoms with van der Waals surface area (Å²) >= 11 is 0. The predicted molar refractivity (Wildman–Crippen MR) is 71.1 cm³/mol. The van der Waals surface area contributed by atoms with Gasteiger partial charge in [-0.3, -0.25) is 14.8 Å². The van der Waals surface area contributed by atoms with Gasteiger partial charge in [-0.05, 0) is 12.8 Å². The number of hydroxylamine groups is 1. The summed E-state index contributed by atoms with van der Waals surface area (Å²) in [6.07, 6.45) is 3.85. The van der Waals surface area contributed by atoms with E-state index in [0.29, 0.717) is 12.8 Å². The third-order valence-electron chi connectivity index (χ3n) is 2.70. The summed E-state index contributed by atoms with van der Waals surface area (Å²) in [6, 6.07) is 0. The fourth-order valence-electron chi connectivity index (χ4n) is 1.64. The summed E-state index contributed by atoms with van der Waals surface area (Å²) < 4.78 is 13.2. The largest absolute Gasteiger partial charge is 0.347 e. The molecule has 1 aromatic heterocycles. The lowest BCUT2D eigenvalue weighted by atomic mass is 10.1. The molecule has 21 heavy (non-hydrogen) atoms. The van der Waals surface area contributed by atoms with Crippen LogP contribution < -0.4 is 16.5 Å². The van der Waals surface area contributed by atoms with E-state index in [9.17, 15) is 18.8 Å². The Bertz CT molecular complexity index is 546. The van der Waals surface area contributed by atoms with Crippen LogP contribution in [0.4, 0.5) is 10.2 Å². The maximum atomic E-state index is 13.2. The van der Waals surface area contributed by atoms with Crippen molar-refractivity contribution in [3.8, 4) is 0 Å². The van der Waals surface area contributed by atoms with Gasteiger partial charge in [0.1, 0.15) is 0 Å². The van der Waals surface area contributed by atoms with Crippen molar-refractivity contribution in [2.75, 3.05) is 5.32 Å². The van der Waals surface area contributed by atoms with Crippen LogP contribution in [-0.2, 0) is 9.59 Å². The number of unbranched alkanes of at least 4 members (excludes halogenated alkanes) is 3. The van der Waals surface area contributed by atoms with Crippen LogP contribution in [0, 0.1) is 5.82 Å². The van der Waals surface area contributed by atoms with Gasteiger partial charge in [0.25, 0.3) is 0 Å². The fraction of sp³-hybridized carbons (Fsp3) is 0.500. The molecule has 0 aromatic carbocycles. The molecule has 0 aliphatic heterocycles. The Balaban J connectivity index is 2.21. The van der Waals surface area contributed by atoms with E-state index >= 15 is 0 Å². The number of carbonyl (C=O) groups excluding carboxylic acids is 2. The van der Waals surface area contributed by atoms with E-state index < -0.39 is 23.3 Å². The molecule has 9 heteroatoms. The Kier molecular flexibility index (Phi) is 7.02. The van der Waals surface area contributed by atoms with E-state index in [1.165, 1.54) is 5.48 Å². The van der Waals surface area contributed by atoms with Crippen molar-refractivity contribution in [3.05, 3.63) is 22.5 Å². The maximum Gasteiger partial charge on any atom is 0.347 e. The number of aromatic amines is 1. The third-order valence-corrected chi connectivity index (χ3v) is 2.70. The second kappa shape index (κ2) is 8.80. The lowest BCUT2D eigenvalue weighted by Crippen LogP contribution is -2.19. The van der Waals surface area contributed by atoms with Gasteiger partial charge in [0, 0.05) is 19.0 Å². The van der Waals surface area contributed by atoms with Crippen LogP contribution in [0.15, 0.2) is 11.0 Å². The molecule has 1 heterocycles. The van der Waals surface area contributed by atoms with E-state index in [4.69, 9.17) is 5.21 Å². The van der Waals surface area contributed by atoms with Crippen molar-refractivity contribution in [3.63, 3.8) is 0 Å². The van der Waals surface area contributed by atoms with Gasteiger partial charge in [-0.25, -0.2) is 14.7 Å². The molecule has 1 rings (SSSR count). The Morgan fingerprint density at radius 3 is 2.43 bits per heavy atom. The number of carbonyl (C=O) groups is 2. The first-order valence-corrected chi connectivity index (χ1v) is 6.51. The molecule has 0 aliphatic carbocycles. The standard InChI is InChI=1S/C12H17FN4O4/c13-8-7-14-12(20)16-11(8)15-9(18)5-3-1-2-4-6-10(19)17-21/h7,21H,1-6H2,(H,17,19)(H2,14,15,16,18,20). The van der Waals surface area contributed by atoms with Crippen LogP contribution in [0.5, 0.6) is 0 Å². The smallest absolute Gasteiger partial charge is 0.310 e. The van der Waals surface area contributed by atoms with Crippen molar-refractivity contribution < 1.29 is 19.2 Å². The molecule has 0 atom stereocenters. The van der Waals surface area contributed by atoms with Crippen molar-refractivity contribution in [2.45, 2.75) is 38.5 Å². The highest BCUT2D eigenvalue weighted by atomic mass is 19.1. The van der Waals surface area contributed by atoms with Gasteiger partial charge < -0.3 is 10.3 Å². The first-order chi connectivity index (χ1) is 10.0. The average Bonchev–Trinajstić information content (AvgIpc) is 2.46. The first kappa shape index (κ1) is 16.8. The average molecular weight is 300 g/mol. The lowest BCUT2D eigenvalue weighted by Gasteiger charge is -2.04. The van der Waals surface area contributed by atoms with Gasteiger partial charge in [0.15, 0.2) is 11.6 Å². The van der Waals surface area contributed by atoms with Crippen molar-refractivity contribution in [2.24, 2.45) is 0 Å². The van der Waals surface area contributed by atoms with E-state index in [0.717, 1.165) is 19.0 Å². The summed E-state index contributed by atoms with van der Waals surface area (Å²) in [5.41, 5.74) is 0.796. The second-order valence-electron chi connectivity index (χ2n) is 4.40. The number of rotatable bonds is 8. The van der Waals surface area contributed by atoms with Gasteiger partial charge in [-0.1, -0.05) is 12.8 Å². The number of H-pyrrole nitrogens is 1. The topological polar surface area (TPSA) is 124 Å². The minimum Gasteiger partial charge on any atom is -0.310 e. The molecule has 0 saturated heterocycles.